The smallest absolute Gasteiger partial charge is 0.368 e. The van der Waals surface area contributed by atoms with Crippen molar-refractivity contribution in [1.29, 1.82) is 0 Å². The summed E-state index contributed by atoms with van der Waals surface area (Å²) in [6, 6.07) is 14.1. The highest BCUT2D eigenvalue weighted by Gasteiger charge is 2.31. The first-order chi connectivity index (χ1) is 14.3. The predicted molar refractivity (Wildman–Crippen MR) is 109 cm³/mol. The van der Waals surface area contributed by atoms with Crippen molar-refractivity contribution < 1.29 is 18.0 Å². The number of hydrogen-bond donors (Lipinski definition) is 1. The molecule has 0 aliphatic carbocycles. The van der Waals surface area contributed by atoms with Crippen LogP contribution < -0.4 is 4.90 Å². The molecule has 30 heavy (non-hydrogen) atoms. The van der Waals surface area contributed by atoms with E-state index in [-0.39, 0.29) is 5.91 Å². The van der Waals surface area contributed by atoms with Gasteiger partial charge in [0.15, 0.2) is 0 Å². The molecule has 1 fully saturated rings. The van der Waals surface area contributed by atoms with E-state index in [9.17, 15) is 18.0 Å². The molecule has 9 heteroatoms. The number of nitrogens with one attached hydrogen (secondary N) is 1. The van der Waals surface area contributed by atoms with Gasteiger partial charge < -0.3 is 9.80 Å². The number of halogens is 4. The highest BCUT2D eigenvalue weighted by atomic mass is 35.5. The fraction of sp³-hybridized carbons (Fsp3) is 0.238. The molecule has 156 valence electrons. The average Bonchev–Trinajstić information content (AvgIpc) is 3.24. The van der Waals surface area contributed by atoms with Crippen molar-refractivity contribution >= 4 is 23.2 Å². The Hall–Kier alpha value is -3.00. The van der Waals surface area contributed by atoms with Crippen molar-refractivity contribution in [1.82, 2.24) is 15.1 Å². The van der Waals surface area contributed by atoms with Gasteiger partial charge in [0.25, 0.3) is 5.91 Å². The van der Waals surface area contributed by atoms with Crippen LogP contribution in [0.2, 0.25) is 5.02 Å². The topological polar surface area (TPSA) is 52.2 Å². The maximum atomic E-state index is 12.9. The number of benzene rings is 2. The van der Waals surface area contributed by atoms with Gasteiger partial charge >= 0.3 is 6.18 Å². The Kier molecular flexibility index (Phi) is 5.42. The zero-order valence-corrected chi connectivity index (χ0v) is 16.5. The van der Waals surface area contributed by atoms with Crippen LogP contribution in [-0.2, 0) is 6.18 Å². The third-order valence-electron chi connectivity index (χ3n) is 5.05. The first-order valence-corrected chi connectivity index (χ1v) is 9.72. The number of piperazine rings is 1. The van der Waals surface area contributed by atoms with E-state index in [2.05, 4.69) is 10.2 Å². The number of anilines is 1. The number of H-pyrrole nitrogens is 1. The molecule has 1 amide bonds. The van der Waals surface area contributed by atoms with Crippen LogP contribution >= 0.6 is 11.6 Å². The van der Waals surface area contributed by atoms with E-state index < -0.39 is 11.7 Å². The normalized spacial score (nSPS) is 14.8. The Bertz CT molecular complexity index is 1040. The number of carbonyl (C=O) groups is 1. The zero-order valence-electron chi connectivity index (χ0n) is 15.8. The summed E-state index contributed by atoms with van der Waals surface area (Å²) in [4.78, 5) is 16.3. The Morgan fingerprint density at radius 1 is 1.00 bits per heavy atom. The molecule has 4 rings (SSSR count). The number of rotatable bonds is 3. The molecule has 0 spiro atoms. The van der Waals surface area contributed by atoms with Gasteiger partial charge in [-0.25, -0.2) is 0 Å². The minimum atomic E-state index is -4.38. The molecule has 0 bridgehead atoms. The van der Waals surface area contributed by atoms with Crippen LogP contribution in [0.3, 0.4) is 0 Å². The Labute approximate surface area is 176 Å². The van der Waals surface area contributed by atoms with E-state index in [0.717, 1.165) is 17.7 Å². The van der Waals surface area contributed by atoms with Gasteiger partial charge in [-0.1, -0.05) is 29.8 Å². The van der Waals surface area contributed by atoms with Crippen molar-refractivity contribution in [2.45, 2.75) is 6.18 Å². The monoisotopic (exact) mass is 434 g/mol. The second kappa shape index (κ2) is 8.02. The van der Waals surface area contributed by atoms with Gasteiger partial charge in [0.1, 0.15) is 5.69 Å². The fourth-order valence-electron chi connectivity index (χ4n) is 3.42. The molecular weight excluding hydrogens is 417 g/mol. The predicted octanol–water partition coefficient (Wildman–Crippen LogP) is 4.71. The second-order valence-corrected chi connectivity index (χ2v) is 7.44. The summed E-state index contributed by atoms with van der Waals surface area (Å²) in [5, 5.41) is 7.58. The second-order valence-electron chi connectivity index (χ2n) is 7.00. The highest BCUT2D eigenvalue weighted by Crippen LogP contribution is 2.32. The van der Waals surface area contributed by atoms with Crippen molar-refractivity contribution in [3.63, 3.8) is 0 Å². The highest BCUT2D eigenvalue weighted by molar-refractivity contribution is 6.30. The molecular formula is C21H18ClF3N4O. The minimum absolute atomic E-state index is 0.189. The van der Waals surface area contributed by atoms with Crippen molar-refractivity contribution in [2.75, 3.05) is 31.1 Å². The molecule has 0 saturated carbocycles. The van der Waals surface area contributed by atoms with Crippen molar-refractivity contribution in [2.24, 2.45) is 0 Å². The summed E-state index contributed by atoms with van der Waals surface area (Å²) in [7, 11) is 0. The fourth-order valence-corrected chi connectivity index (χ4v) is 3.54. The molecule has 1 aliphatic rings. The molecule has 1 aliphatic heterocycles. The minimum Gasteiger partial charge on any atom is -0.368 e. The lowest BCUT2D eigenvalue weighted by Crippen LogP contribution is -2.49. The lowest BCUT2D eigenvalue weighted by Gasteiger charge is -2.36. The quantitative estimate of drug-likeness (QED) is 0.649. The number of alkyl halides is 3. The molecule has 5 nitrogen and oxygen atoms in total. The lowest BCUT2D eigenvalue weighted by atomic mass is 10.1. The summed E-state index contributed by atoms with van der Waals surface area (Å²) >= 11 is 5.89. The number of aromatic amines is 1. The molecule has 2 aromatic carbocycles. The molecule has 2 heterocycles. The van der Waals surface area contributed by atoms with Gasteiger partial charge in [-0.15, -0.1) is 0 Å². The van der Waals surface area contributed by atoms with E-state index in [0.29, 0.717) is 48.3 Å². The van der Waals surface area contributed by atoms with Gasteiger partial charge in [0.2, 0.25) is 0 Å². The van der Waals surface area contributed by atoms with Crippen molar-refractivity contribution in [3.8, 4) is 11.3 Å². The van der Waals surface area contributed by atoms with E-state index in [1.807, 2.05) is 17.0 Å². The van der Waals surface area contributed by atoms with E-state index in [1.165, 1.54) is 6.07 Å². The van der Waals surface area contributed by atoms with Gasteiger partial charge in [0.05, 0.1) is 11.3 Å². The van der Waals surface area contributed by atoms with Crippen LogP contribution in [0.25, 0.3) is 11.3 Å². The Morgan fingerprint density at radius 2 is 1.70 bits per heavy atom. The average molecular weight is 435 g/mol. The van der Waals surface area contributed by atoms with E-state index >= 15 is 0 Å². The molecule has 3 aromatic rings. The summed E-state index contributed by atoms with van der Waals surface area (Å²) in [5.74, 6) is -0.189. The standard InChI is InChI=1S/C21H18ClF3N4O/c22-16-6-4-14(5-7-16)18-13-19(27-26-18)20(30)29-10-8-28(9-11-29)17-3-1-2-15(12-17)21(23,24)25/h1-7,12-13H,8-11H2,(H,26,27). The van der Waals surface area contributed by atoms with Crippen molar-refractivity contribution in [3.05, 3.63) is 70.9 Å². The van der Waals surface area contributed by atoms with Crippen LogP contribution in [0.5, 0.6) is 0 Å². The Balaban J connectivity index is 1.41. The number of nitrogens with zero attached hydrogens (tertiary/aromatic N) is 3. The van der Waals surface area contributed by atoms with E-state index in [1.54, 1.807) is 29.2 Å². The van der Waals surface area contributed by atoms with Gasteiger partial charge in [-0.05, 0) is 36.4 Å². The van der Waals surface area contributed by atoms with Crippen LogP contribution in [0.4, 0.5) is 18.9 Å². The summed E-state index contributed by atoms with van der Waals surface area (Å²) < 4.78 is 38.8. The SMILES string of the molecule is O=C(c1cc(-c2ccc(Cl)cc2)n[nH]1)N1CCN(c2cccc(C(F)(F)F)c2)CC1. The number of carbonyl (C=O) groups excluding carboxylic acids is 1. The van der Waals surface area contributed by atoms with Gasteiger partial charge in [-0.3, -0.25) is 9.89 Å². The van der Waals surface area contributed by atoms with E-state index in [4.69, 9.17) is 11.6 Å². The van der Waals surface area contributed by atoms with Crippen LogP contribution in [0.15, 0.2) is 54.6 Å². The summed E-state index contributed by atoms with van der Waals surface area (Å²) in [6.45, 7) is 1.71. The molecule has 0 unspecified atom stereocenters. The van der Waals surface area contributed by atoms with Gasteiger partial charge in [-0.2, -0.15) is 18.3 Å². The van der Waals surface area contributed by atoms with Crippen LogP contribution in [-0.4, -0.2) is 47.2 Å². The third kappa shape index (κ3) is 4.28. The molecule has 1 aromatic heterocycles. The molecule has 0 atom stereocenters. The number of amides is 1. The van der Waals surface area contributed by atoms with Crippen LogP contribution in [0.1, 0.15) is 16.1 Å². The molecule has 1 N–H and O–H groups in total. The lowest BCUT2D eigenvalue weighted by molar-refractivity contribution is -0.137. The largest absolute Gasteiger partial charge is 0.416 e. The summed E-state index contributed by atoms with van der Waals surface area (Å²) in [6.07, 6.45) is -4.38. The first-order valence-electron chi connectivity index (χ1n) is 9.34. The molecule has 0 radical (unpaired) electrons. The third-order valence-corrected chi connectivity index (χ3v) is 5.31. The maximum Gasteiger partial charge on any atom is 0.416 e. The summed E-state index contributed by atoms with van der Waals surface area (Å²) in [5.41, 5.74) is 1.67. The Morgan fingerprint density at radius 3 is 2.37 bits per heavy atom. The maximum absolute atomic E-state index is 12.9. The first kappa shape index (κ1) is 20.3. The number of hydrogen-bond acceptors (Lipinski definition) is 3. The van der Waals surface area contributed by atoms with Gasteiger partial charge in [0, 0.05) is 42.5 Å². The molecule has 1 saturated heterocycles. The number of aromatic nitrogens is 2. The van der Waals surface area contributed by atoms with Crippen LogP contribution in [0, 0.1) is 0 Å². The zero-order chi connectivity index (χ0) is 21.3.